The predicted octanol–water partition coefficient (Wildman–Crippen LogP) is 2.60. The van der Waals surface area contributed by atoms with Crippen molar-refractivity contribution in [3.63, 3.8) is 0 Å². The summed E-state index contributed by atoms with van der Waals surface area (Å²) in [4.78, 5) is 20.6. The number of carbonyl (C=O) groups is 1. The number of anilines is 2. The number of carbonyl (C=O) groups excluding carboxylic acids is 1. The maximum Gasteiger partial charge on any atom is 0.264 e. The number of hydrogen-bond acceptors (Lipinski definition) is 9. The van der Waals surface area contributed by atoms with Gasteiger partial charge in [0.25, 0.3) is 10.0 Å². The molecule has 0 aliphatic heterocycles. The number of para-hydroxylation sites is 1. The Hall–Kier alpha value is -3.84. The first kappa shape index (κ1) is 23.3. The predicted molar refractivity (Wildman–Crippen MR) is 127 cm³/mol. The van der Waals surface area contributed by atoms with Gasteiger partial charge in [0.2, 0.25) is 17.0 Å². The van der Waals surface area contributed by atoms with Crippen LogP contribution >= 0.6 is 11.8 Å². The smallest absolute Gasteiger partial charge is 0.264 e. The Bertz CT molecular complexity index is 1390. The lowest BCUT2D eigenvalue weighted by Gasteiger charge is -2.09. The molecule has 0 fully saturated rings. The SMILES string of the molecule is Cc1cc(C)nc(NS(=O)(=O)c2ccc(NC(=O)CSc3nnnn3-c3ccccc3)cc2)n1. The molecule has 0 atom stereocenters. The van der Waals surface area contributed by atoms with Gasteiger partial charge in [-0.25, -0.2) is 23.1 Å². The number of nitrogens with one attached hydrogen (secondary N) is 2. The highest BCUT2D eigenvalue weighted by Crippen LogP contribution is 2.20. The van der Waals surface area contributed by atoms with Crippen LogP contribution in [0.2, 0.25) is 0 Å². The molecule has 0 saturated heterocycles. The summed E-state index contributed by atoms with van der Waals surface area (Å²) in [5.41, 5.74) is 2.54. The van der Waals surface area contributed by atoms with Gasteiger partial charge in [0.1, 0.15) is 0 Å². The number of hydrogen-bond donors (Lipinski definition) is 2. The van der Waals surface area contributed by atoms with Gasteiger partial charge < -0.3 is 5.32 Å². The van der Waals surface area contributed by atoms with Crippen LogP contribution in [0.25, 0.3) is 5.69 Å². The molecule has 0 aliphatic carbocycles. The van der Waals surface area contributed by atoms with Crippen LogP contribution in [0.5, 0.6) is 0 Å². The minimum absolute atomic E-state index is 0.00440. The van der Waals surface area contributed by atoms with Gasteiger partial charge in [0.15, 0.2) is 0 Å². The number of benzene rings is 2. The second kappa shape index (κ2) is 9.97. The summed E-state index contributed by atoms with van der Waals surface area (Å²) in [6.07, 6.45) is 0. The Kier molecular flexibility index (Phi) is 6.84. The number of tetrazole rings is 1. The summed E-state index contributed by atoms with van der Waals surface area (Å²) in [6.45, 7) is 3.51. The van der Waals surface area contributed by atoms with Crippen molar-refractivity contribution in [2.45, 2.75) is 23.9 Å². The second-order valence-corrected chi connectivity index (χ2v) is 9.77. The maximum absolute atomic E-state index is 12.6. The van der Waals surface area contributed by atoms with Crippen molar-refractivity contribution in [3.05, 3.63) is 72.1 Å². The first-order chi connectivity index (χ1) is 16.3. The minimum atomic E-state index is -3.88. The van der Waals surface area contributed by atoms with Crippen LogP contribution in [-0.2, 0) is 14.8 Å². The van der Waals surface area contributed by atoms with Gasteiger partial charge in [-0.1, -0.05) is 30.0 Å². The molecule has 0 radical (unpaired) electrons. The Morgan fingerprint density at radius 2 is 1.68 bits per heavy atom. The van der Waals surface area contributed by atoms with Crippen LogP contribution in [-0.4, -0.2) is 50.3 Å². The molecule has 174 valence electrons. The standard InChI is InChI=1S/C21H20N8O3S2/c1-14-12-15(2)23-20(22-14)26-34(31,32)18-10-8-16(9-11-18)24-19(30)13-33-21-25-27-28-29(21)17-6-4-3-5-7-17/h3-12H,13H2,1-2H3,(H,24,30)(H,22,23,26). The van der Waals surface area contributed by atoms with E-state index in [0.29, 0.717) is 22.2 Å². The molecule has 0 saturated carbocycles. The van der Waals surface area contributed by atoms with E-state index >= 15 is 0 Å². The topological polar surface area (TPSA) is 145 Å². The number of amides is 1. The number of thioether (sulfide) groups is 1. The van der Waals surface area contributed by atoms with E-state index in [9.17, 15) is 13.2 Å². The highest BCUT2D eigenvalue weighted by Gasteiger charge is 2.17. The molecule has 11 nitrogen and oxygen atoms in total. The fraction of sp³-hybridized carbons (Fsp3) is 0.143. The van der Waals surface area contributed by atoms with Crippen LogP contribution < -0.4 is 10.0 Å². The van der Waals surface area contributed by atoms with Crippen LogP contribution in [0.3, 0.4) is 0 Å². The van der Waals surface area contributed by atoms with Crippen LogP contribution in [0.15, 0.2) is 70.7 Å². The van der Waals surface area contributed by atoms with Crippen molar-refractivity contribution >= 4 is 39.3 Å². The third-order valence-electron chi connectivity index (χ3n) is 4.43. The third kappa shape index (κ3) is 5.74. The zero-order chi connectivity index (χ0) is 24.1. The lowest BCUT2D eigenvalue weighted by Crippen LogP contribution is -2.17. The Morgan fingerprint density at radius 3 is 2.35 bits per heavy atom. The molecule has 4 rings (SSSR count). The van der Waals surface area contributed by atoms with Crippen molar-refractivity contribution in [1.82, 2.24) is 30.2 Å². The molecule has 4 aromatic rings. The largest absolute Gasteiger partial charge is 0.325 e. The number of sulfonamides is 1. The fourth-order valence-corrected chi connectivity index (χ4v) is 4.63. The van der Waals surface area contributed by atoms with E-state index in [-0.39, 0.29) is 22.5 Å². The summed E-state index contributed by atoms with van der Waals surface area (Å²) >= 11 is 1.18. The Labute approximate surface area is 200 Å². The van der Waals surface area contributed by atoms with E-state index < -0.39 is 10.0 Å². The minimum Gasteiger partial charge on any atom is -0.325 e. The van der Waals surface area contributed by atoms with Gasteiger partial charge in [-0.05, 0) is 66.7 Å². The summed E-state index contributed by atoms with van der Waals surface area (Å²) in [5.74, 6) is -0.214. The van der Waals surface area contributed by atoms with Crippen molar-refractivity contribution in [3.8, 4) is 5.69 Å². The Morgan fingerprint density at radius 1 is 1.00 bits per heavy atom. The number of nitrogens with zero attached hydrogens (tertiary/aromatic N) is 6. The van der Waals surface area contributed by atoms with E-state index in [2.05, 4.69) is 35.5 Å². The number of aromatic nitrogens is 6. The second-order valence-electron chi connectivity index (χ2n) is 7.15. The normalized spacial score (nSPS) is 11.2. The molecule has 2 heterocycles. The van der Waals surface area contributed by atoms with Crippen molar-refractivity contribution in [1.29, 1.82) is 0 Å². The summed E-state index contributed by atoms with van der Waals surface area (Å²) in [6, 6.07) is 16.9. The summed E-state index contributed by atoms with van der Waals surface area (Å²) in [5, 5.41) is 14.8. The van der Waals surface area contributed by atoms with Gasteiger partial charge in [-0.2, -0.15) is 4.68 Å². The van der Waals surface area contributed by atoms with Crippen LogP contribution in [0.1, 0.15) is 11.4 Å². The average Bonchev–Trinajstić information content (AvgIpc) is 3.26. The fourth-order valence-electron chi connectivity index (χ4n) is 3.00. The zero-order valence-corrected chi connectivity index (χ0v) is 19.8. The quantitative estimate of drug-likeness (QED) is 0.352. The van der Waals surface area contributed by atoms with Gasteiger partial charge in [-0.15, -0.1) is 5.10 Å². The molecule has 0 bridgehead atoms. The van der Waals surface area contributed by atoms with Crippen molar-refractivity contribution < 1.29 is 13.2 Å². The van der Waals surface area contributed by atoms with Gasteiger partial charge >= 0.3 is 0 Å². The van der Waals surface area contributed by atoms with Crippen LogP contribution in [0.4, 0.5) is 11.6 Å². The first-order valence-electron chi connectivity index (χ1n) is 10.0. The van der Waals surface area contributed by atoms with E-state index in [1.807, 2.05) is 30.3 Å². The summed E-state index contributed by atoms with van der Waals surface area (Å²) in [7, 11) is -3.88. The van der Waals surface area contributed by atoms with Gasteiger partial charge in [-0.3, -0.25) is 4.79 Å². The average molecular weight is 497 g/mol. The molecule has 13 heteroatoms. The van der Waals surface area contributed by atoms with Crippen molar-refractivity contribution in [2.75, 3.05) is 15.8 Å². The molecule has 0 unspecified atom stereocenters. The number of aryl methyl sites for hydroxylation is 2. The third-order valence-corrected chi connectivity index (χ3v) is 6.69. The molecule has 34 heavy (non-hydrogen) atoms. The zero-order valence-electron chi connectivity index (χ0n) is 18.2. The number of rotatable bonds is 8. The van der Waals surface area contributed by atoms with Gasteiger partial charge in [0.05, 0.1) is 16.3 Å². The van der Waals surface area contributed by atoms with Crippen LogP contribution in [0, 0.1) is 13.8 Å². The Balaban J connectivity index is 1.36. The van der Waals surface area contributed by atoms with E-state index in [4.69, 9.17) is 0 Å². The molecule has 0 spiro atoms. The molecule has 2 aromatic carbocycles. The highest BCUT2D eigenvalue weighted by atomic mass is 32.2. The highest BCUT2D eigenvalue weighted by molar-refractivity contribution is 7.99. The maximum atomic E-state index is 12.6. The molecule has 2 N–H and O–H groups in total. The van der Waals surface area contributed by atoms with E-state index in [0.717, 1.165) is 5.69 Å². The molecule has 2 aromatic heterocycles. The molecule has 1 amide bonds. The monoisotopic (exact) mass is 496 g/mol. The lowest BCUT2D eigenvalue weighted by atomic mass is 10.3. The molecular formula is C21H20N8O3S2. The first-order valence-corrected chi connectivity index (χ1v) is 12.5. The van der Waals surface area contributed by atoms with E-state index in [1.165, 1.54) is 36.0 Å². The van der Waals surface area contributed by atoms with Gasteiger partial charge in [0, 0.05) is 17.1 Å². The van der Waals surface area contributed by atoms with E-state index in [1.54, 1.807) is 24.6 Å². The molecular weight excluding hydrogens is 476 g/mol. The summed E-state index contributed by atoms with van der Waals surface area (Å²) < 4.78 is 29.2. The molecule has 0 aliphatic rings. The van der Waals surface area contributed by atoms with Crippen molar-refractivity contribution in [2.24, 2.45) is 0 Å². The lowest BCUT2D eigenvalue weighted by molar-refractivity contribution is -0.113.